The summed E-state index contributed by atoms with van der Waals surface area (Å²) in [6.07, 6.45) is 1.07. The summed E-state index contributed by atoms with van der Waals surface area (Å²) < 4.78 is 5.73. The molecule has 5 heteroatoms. The first kappa shape index (κ1) is 10.9. The molecule has 86 valence electrons. The van der Waals surface area contributed by atoms with Gasteiger partial charge in [-0.25, -0.2) is 0 Å². The Labute approximate surface area is 93.6 Å². The van der Waals surface area contributed by atoms with Crippen molar-refractivity contribution in [3.05, 3.63) is 33.9 Å². The number of benzene rings is 1. The highest BCUT2D eigenvalue weighted by molar-refractivity contribution is 5.43. The Morgan fingerprint density at radius 1 is 1.56 bits per heavy atom. The molecule has 0 bridgehead atoms. The summed E-state index contributed by atoms with van der Waals surface area (Å²) in [6, 6.07) is 4.71. The fraction of sp³-hybridized carbons (Fsp3) is 0.455. The van der Waals surface area contributed by atoms with Crippen molar-refractivity contribution in [3.63, 3.8) is 0 Å². The summed E-state index contributed by atoms with van der Waals surface area (Å²) in [5, 5.41) is 13.8. The van der Waals surface area contributed by atoms with Gasteiger partial charge in [0.15, 0.2) is 0 Å². The fourth-order valence-corrected chi connectivity index (χ4v) is 1.74. The summed E-state index contributed by atoms with van der Waals surface area (Å²) in [7, 11) is 0. The lowest BCUT2D eigenvalue weighted by molar-refractivity contribution is -0.385. The lowest BCUT2D eigenvalue weighted by atomic mass is 10.2. The number of hydrogen-bond acceptors (Lipinski definition) is 4. The molecule has 1 aliphatic heterocycles. The van der Waals surface area contributed by atoms with Gasteiger partial charge in [-0.2, -0.15) is 0 Å². The minimum absolute atomic E-state index is 0.0755. The Hall–Kier alpha value is -1.62. The van der Waals surface area contributed by atoms with Gasteiger partial charge in [-0.3, -0.25) is 10.1 Å². The minimum atomic E-state index is -0.404. The second kappa shape index (κ2) is 4.49. The highest BCUT2D eigenvalue weighted by Gasteiger charge is 2.18. The first-order valence-electron chi connectivity index (χ1n) is 5.29. The molecule has 0 aliphatic carbocycles. The summed E-state index contributed by atoms with van der Waals surface area (Å²) in [6.45, 7) is 3.64. The predicted octanol–water partition coefficient (Wildman–Crippen LogP) is 1.64. The van der Waals surface area contributed by atoms with Gasteiger partial charge in [-0.15, -0.1) is 0 Å². The van der Waals surface area contributed by atoms with Gasteiger partial charge in [0.2, 0.25) is 0 Å². The molecule has 1 aromatic rings. The molecule has 1 fully saturated rings. The van der Waals surface area contributed by atoms with Gasteiger partial charge in [0, 0.05) is 12.6 Å². The van der Waals surface area contributed by atoms with E-state index in [1.165, 1.54) is 12.1 Å². The molecule has 0 radical (unpaired) electrons. The second-order valence-corrected chi connectivity index (χ2v) is 3.94. The van der Waals surface area contributed by atoms with E-state index in [0.717, 1.165) is 25.1 Å². The van der Waals surface area contributed by atoms with Crippen LogP contribution in [0.2, 0.25) is 0 Å². The normalized spacial score (nSPS) is 19.7. The second-order valence-electron chi connectivity index (χ2n) is 3.94. The van der Waals surface area contributed by atoms with E-state index >= 15 is 0 Å². The number of nitrogens with one attached hydrogen (secondary N) is 1. The zero-order valence-corrected chi connectivity index (χ0v) is 9.10. The van der Waals surface area contributed by atoms with Crippen molar-refractivity contribution >= 4 is 5.69 Å². The smallest absolute Gasteiger partial charge is 0.273 e. The SMILES string of the molecule is Cc1ccc([N+](=O)[O-])cc1O[C@H]1CCNC1. The quantitative estimate of drug-likeness (QED) is 0.623. The van der Waals surface area contributed by atoms with Crippen LogP contribution in [0, 0.1) is 17.0 Å². The van der Waals surface area contributed by atoms with Gasteiger partial charge < -0.3 is 10.1 Å². The Bertz CT molecular complexity index is 400. The molecule has 2 rings (SSSR count). The number of ether oxygens (including phenoxy) is 1. The summed E-state index contributed by atoms with van der Waals surface area (Å²) in [5.74, 6) is 0.614. The van der Waals surface area contributed by atoms with Crippen LogP contribution in [0.5, 0.6) is 5.75 Å². The molecule has 5 nitrogen and oxygen atoms in total. The van der Waals surface area contributed by atoms with Crippen LogP contribution in [0.4, 0.5) is 5.69 Å². The topological polar surface area (TPSA) is 64.4 Å². The number of rotatable bonds is 3. The van der Waals surface area contributed by atoms with Gasteiger partial charge in [0.05, 0.1) is 11.0 Å². The number of nitro groups is 1. The van der Waals surface area contributed by atoms with Crippen LogP contribution in [-0.4, -0.2) is 24.1 Å². The number of aryl methyl sites for hydroxylation is 1. The molecule has 1 aliphatic rings. The van der Waals surface area contributed by atoms with E-state index in [2.05, 4.69) is 5.32 Å². The fourth-order valence-electron chi connectivity index (χ4n) is 1.74. The molecular weight excluding hydrogens is 208 g/mol. The number of nitrogens with zero attached hydrogens (tertiary/aromatic N) is 1. The van der Waals surface area contributed by atoms with E-state index in [9.17, 15) is 10.1 Å². The van der Waals surface area contributed by atoms with Crippen molar-refractivity contribution in [2.24, 2.45) is 0 Å². The minimum Gasteiger partial charge on any atom is -0.489 e. The van der Waals surface area contributed by atoms with Crippen LogP contribution in [0.1, 0.15) is 12.0 Å². The largest absolute Gasteiger partial charge is 0.489 e. The molecule has 1 saturated heterocycles. The van der Waals surface area contributed by atoms with Crippen molar-refractivity contribution in [1.29, 1.82) is 0 Å². The van der Waals surface area contributed by atoms with E-state index in [0.29, 0.717) is 5.75 Å². The number of non-ortho nitro benzene ring substituents is 1. The van der Waals surface area contributed by atoms with E-state index in [4.69, 9.17) is 4.74 Å². The molecule has 0 aromatic heterocycles. The number of hydrogen-bond donors (Lipinski definition) is 1. The molecule has 0 unspecified atom stereocenters. The van der Waals surface area contributed by atoms with Gasteiger partial charge in [0.25, 0.3) is 5.69 Å². The summed E-state index contributed by atoms with van der Waals surface area (Å²) in [4.78, 5) is 10.2. The van der Waals surface area contributed by atoms with E-state index in [1.54, 1.807) is 6.07 Å². The van der Waals surface area contributed by atoms with Crippen molar-refractivity contribution in [3.8, 4) is 5.75 Å². The Kier molecular flexibility index (Phi) is 3.05. The molecule has 0 spiro atoms. The van der Waals surface area contributed by atoms with Crippen molar-refractivity contribution in [2.75, 3.05) is 13.1 Å². The van der Waals surface area contributed by atoms with Crippen LogP contribution >= 0.6 is 0 Å². The molecule has 1 N–H and O–H groups in total. The molecular formula is C11H14N2O3. The monoisotopic (exact) mass is 222 g/mol. The first-order chi connectivity index (χ1) is 7.66. The van der Waals surface area contributed by atoms with Crippen LogP contribution in [0.15, 0.2) is 18.2 Å². The van der Waals surface area contributed by atoms with Gasteiger partial charge in [-0.1, -0.05) is 0 Å². The van der Waals surface area contributed by atoms with Crippen molar-refractivity contribution in [1.82, 2.24) is 5.32 Å². The Balaban J connectivity index is 2.17. The third-order valence-corrected chi connectivity index (χ3v) is 2.69. The molecule has 1 aromatic carbocycles. The van der Waals surface area contributed by atoms with E-state index in [-0.39, 0.29) is 11.8 Å². The molecule has 1 heterocycles. The maximum Gasteiger partial charge on any atom is 0.273 e. The Morgan fingerprint density at radius 2 is 2.38 bits per heavy atom. The van der Waals surface area contributed by atoms with E-state index in [1.807, 2.05) is 6.92 Å². The van der Waals surface area contributed by atoms with Gasteiger partial charge in [-0.05, 0) is 31.5 Å². The summed E-state index contributed by atoms with van der Waals surface area (Å²) >= 11 is 0. The molecule has 0 saturated carbocycles. The van der Waals surface area contributed by atoms with Gasteiger partial charge in [0.1, 0.15) is 11.9 Å². The maximum absolute atomic E-state index is 10.6. The first-order valence-corrected chi connectivity index (χ1v) is 5.29. The van der Waals surface area contributed by atoms with Gasteiger partial charge >= 0.3 is 0 Å². The summed E-state index contributed by atoms with van der Waals surface area (Å²) in [5.41, 5.74) is 1.00. The number of nitro benzene ring substituents is 1. The van der Waals surface area contributed by atoms with Crippen LogP contribution in [0.3, 0.4) is 0 Å². The van der Waals surface area contributed by atoms with E-state index < -0.39 is 4.92 Å². The maximum atomic E-state index is 10.6. The molecule has 16 heavy (non-hydrogen) atoms. The average Bonchev–Trinajstić information content (AvgIpc) is 2.73. The predicted molar refractivity (Wildman–Crippen MR) is 59.7 cm³/mol. The molecule has 0 amide bonds. The zero-order valence-electron chi connectivity index (χ0n) is 9.10. The van der Waals surface area contributed by atoms with Crippen LogP contribution < -0.4 is 10.1 Å². The zero-order chi connectivity index (χ0) is 11.5. The average molecular weight is 222 g/mol. The highest BCUT2D eigenvalue weighted by Crippen LogP contribution is 2.25. The Morgan fingerprint density at radius 3 is 3.00 bits per heavy atom. The lowest BCUT2D eigenvalue weighted by Crippen LogP contribution is -2.20. The third-order valence-electron chi connectivity index (χ3n) is 2.69. The van der Waals surface area contributed by atoms with Crippen molar-refractivity contribution in [2.45, 2.75) is 19.4 Å². The van der Waals surface area contributed by atoms with Crippen molar-refractivity contribution < 1.29 is 9.66 Å². The van der Waals surface area contributed by atoms with Crippen LogP contribution in [-0.2, 0) is 0 Å². The lowest BCUT2D eigenvalue weighted by Gasteiger charge is -2.14. The molecule has 1 atom stereocenters. The van der Waals surface area contributed by atoms with Crippen LogP contribution in [0.25, 0.3) is 0 Å². The highest BCUT2D eigenvalue weighted by atomic mass is 16.6. The third kappa shape index (κ3) is 2.30. The standard InChI is InChI=1S/C11H14N2O3/c1-8-2-3-9(13(14)15)6-11(8)16-10-4-5-12-7-10/h2-3,6,10,12H,4-5,7H2,1H3/t10-/m0/s1.